The van der Waals surface area contributed by atoms with Gasteiger partial charge in [0, 0.05) is 0 Å². The van der Waals surface area contributed by atoms with Crippen LogP contribution in [-0.2, 0) is 23.8 Å². The molecule has 0 radical (unpaired) electrons. The fourth-order valence-electron chi connectivity index (χ4n) is 1.55. The molecule has 0 unspecified atom stereocenters. The zero-order chi connectivity index (χ0) is 15.1. The Morgan fingerprint density at radius 3 is 2.86 bits per heavy atom. The van der Waals surface area contributed by atoms with Crippen molar-refractivity contribution < 1.29 is 23.8 Å². The van der Waals surface area contributed by atoms with E-state index in [-0.39, 0.29) is 12.4 Å². The van der Waals surface area contributed by atoms with E-state index in [2.05, 4.69) is 5.32 Å². The van der Waals surface area contributed by atoms with Crippen LogP contribution >= 0.6 is 0 Å². The third kappa shape index (κ3) is 3.98. The molecule has 2 rings (SSSR count). The van der Waals surface area contributed by atoms with E-state index in [0.717, 1.165) is 6.26 Å². The lowest BCUT2D eigenvalue weighted by Gasteiger charge is -2.14. The third-order valence-electron chi connectivity index (χ3n) is 2.51. The van der Waals surface area contributed by atoms with E-state index in [1.165, 1.54) is 0 Å². The molecule has 1 aliphatic rings. The van der Waals surface area contributed by atoms with Gasteiger partial charge in [0.05, 0.1) is 11.3 Å². The van der Waals surface area contributed by atoms with Crippen LogP contribution in [0.5, 0.6) is 0 Å². The molecule has 0 bridgehead atoms. The van der Waals surface area contributed by atoms with Crippen LogP contribution in [-0.4, -0.2) is 31.7 Å². The van der Waals surface area contributed by atoms with Gasteiger partial charge in [-0.05, 0) is 12.1 Å². The Hall–Kier alpha value is -3.01. The minimum atomic E-state index is -0.779. The summed E-state index contributed by atoms with van der Waals surface area (Å²) in [5.74, 6) is -1.41. The second kappa shape index (κ2) is 6.96. The molecule has 1 amide bonds. The van der Waals surface area contributed by atoms with Crippen LogP contribution in [0.4, 0.5) is 5.69 Å². The number of ether oxygens (including phenoxy) is 3. The van der Waals surface area contributed by atoms with E-state index in [1.54, 1.807) is 24.3 Å². The molecule has 7 nitrogen and oxygen atoms in total. The van der Waals surface area contributed by atoms with Gasteiger partial charge in [0.25, 0.3) is 5.91 Å². The van der Waals surface area contributed by atoms with E-state index < -0.39 is 18.5 Å². The Morgan fingerprint density at radius 2 is 2.14 bits per heavy atom. The second-order valence-corrected chi connectivity index (χ2v) is 3.98. The Labute approximate surface area is 120 Å². The van der Waals surface area contributed by atoms with Crippen LogP contribution in [0.1, 0.15) is 5.56 Å². The van der Waals surface area contributed by atoms with E-state index in [9.17, 15) is 9.59 Å². The van der Waals surface area contributed by atoms with Crippen LogP contribution in [0.25, 0.3) is 0 Å². The molecular formula is C14H12N2O5. The summed E-state index contributed by atoms with van der Waals surface area (Å²) in [4.78, 5) is 23.2. The first kappa shape index (κ1) is 14.4. The number of hydrogen-bond donors (Lipinski definition) is 1. The number of anilines is 1. The number of rotatable bonds is 4. The topological polar surface area (TPSA) is 97.7 Å². The lowest BCUT2D eigenvalue weighted by atomic mass is 10.2. The average Bonchev–Trinajstić information content (AvgIpc) is 2.54. The van der Waals surface area contributed by atoms with Gasteiger partial charge in [-0.25, -0.2) is 4.79 Å². The third-order valence-corrected chi connectivity index (χ3v) is 2.51. The van der Waals surface area contributed by atoms with Gasteiger partial charge < -0.3 is 19.5 Å². The van der Waals surface area contributed by atoms with Crippen LogP contribution in [0.15, 0.2) is 36.3 Å². The highest BCUT2D eigenvalue weighted by atomic mass is 16.6. The predicted molar refractivity (Wildman–Crippen MR) is 70.7 cm³/mol. The quantitative estimate of drug-likeness (QED) is 0.828. The first-order chi connectivity index (χ1) is 10.2. The molecule has 1 heterocycles. The van der Waals surface area contributed by atoms with E-state index in [1.807, 2.05) is 6.07 Å². The summed E-state index contributed by atoms with van der Waals surface area (Å²) in [7, 11) is 0. The van der Waals surface area contributed by atoms with Gasteiger partial charge in [-0.15, -0.1) is 0 Å². The molecule has 0 spiro atoms. The minimum absolute atomic E-state index is 0.0773. The minimum Gasteiger partial charge on any atom is -0.493 e. The molecule has 1 N–H and O–H groups in total. The van der Waals surface area contributed by atoms with E-state index in [0.29, 0.717) is 17.9 Å². The van der Waals surface area contributed by atoms with Gasteiger partial charge in [0.1, 0.15) is 25.5 Å². The molecular weight excluding hydrogens is 276 g/mol. The molecule has 1 aliphatic heterocycles. The monoisotopic (exact) mass is 288 g/mol. The van der Waals surface area contributed by atoms with Crippen molar-refractivity contribution in [3.63, 3.8) is 0 Å². The fourth-order valence-corrected chi connectivity index (χ4v) is 1.55. The first-order valence-corrected chi connectivity index (χ1v) is 6.11. The molecule has 21 heavy (non-hydrogen) atoms. The zero-order valence-corrected chi connectivity index (χ0v) is 11.0. The summed E-state index contributed by atoms with van der Waals surface area (Å²) in [5, 5.41) is 11.4. The number of esters is 1. The fraction of sp³-hybridized carbons (Fsp3) is 0.214. The van der Waals surface area contributed by atoms with Crippen LogP contribution in [0.3, 0.4) is 0 Å². The number of carbonyl (C=O) groups excluding carboxylic acids is 2. The second-order valence-electron chi connectivity index (χ2n) is 3.98. The molecule has 0 saturated carbocycles. The Kier molecular flexibility index (Phi) is 4.77. The number of carbonyl (C=O) groups is 2. The van der Waals surface area contributed by atoms with E-state index >= 15 is 0 Å². The average molecular weight is 288 g/mol. The zero-order valence-electron chi connectivity index (χ0n) is 11.0. The molecule has 0 aromatic heterocycles. The van der Waals surface area contributed by atoms with Crippen LogP contribution in [0.2, 0.25) is 0 Å². The van der Waals surface area contributed by atoms with Crippen molar-refractivity contribution in [2.24, 2.45) is 0 Å². The molecule has 0 fully saturated rings. The standard InChI is InChI=1S/C14H12N2O5/c15-7-10-3-1-2-4-11(10)16-13(17)9-21-14(18)12-8-19-5-6-20-12/h1-4,8H,5-6,9H2,(H,16,17). The highest BCUT2D eigenvalue weighted by Gasteiger charge is 2.18. The summed E-state index contributed by atoms with van der Waals surface area (Å²) >= 11 is 0. The number of nitriles is 1. The number of benzene rings is 1. The lowest BCUT2D eigenvalue weighted by molar-refractivity contribution is -0.148. The van der Waals surface area contributed by atoms with Crippen molar-refractivity contribution in [1.29, 1.82) is 5.26 Å². The number of nitrogens with one attached hydrogen (secondary N) is 1. The summed E-state index contributed by atoms with van der Waals surface area (Å²) < 4.78 is 14.7. The Bertz CT molecular complexity index is 618. The first-order valence-electron chi connectivity index (χ1n) is 6.11. The van der Waals surface area contributed by atoms with Gasteiger partial charge >= 0.3 is 5.97 Å². The van der Waals surface area contributed by atoms with Gasteiger partial charge in [-0.3, -0.25) is 4.79 Å². The summed E-state index contributed by atoms with van der Waals surface area (Å²) in [6.07, 6.45) is 1.15. The normalized spacial score (nSPS) is 13.0. The van der Waals surface area contributed by atoms with Crippen molar-refractivity contribution >= 4 is 17.6 Å². The molecule has 108 valence electrons. The molecule has 1 aromatic carbocycles. The SMILES string of the molecule is N#Cc1ccccc1NC(=O)COC(=O)C1=COCCO1. The van der Waals surface area contributed by atoms with Crippen molar-refractivity contribution in [1.82, 2.24) is 0 Å². The highest BCUT2D eigenvalue weighted by molar-refractivity contribution is 5.95. The van der Waals surface area contributed by atoms with Crippen molar-refractivity contribution in [2.45, 2.75) is 0 Å². The summed E-state index contributed by atoms with van der Waals surface area (Å²) in [5.41, 5.74) is 0.682. The maximum atomic E-state index is 11.7. The molecule has 0 aliphatic carbocycles. The van der Waals surface area contributed by atoms with Crippen molar-refractivity contribution in [3.8, 4) is 6.07 Å². The number of amides is 1. The van der Waals surface area contributed by atoms with E-state index in [4.69, 9.17) is 19.5 Å². The maximum Gasteiger partial charge on any atom is 0.377 e. The Balaban J connectivity index is 1.86. The van der Waals surface area contributed by atoms with Crippen molar-refractivity contribution in [2.75, 3.05) is 25.1 Å². The number of nitrogens with zero attached hydrogens (tertiary/aromatic N) is 1. The largest absolute Gasteiger partial charge is 0.493 e. The number of para-hydroxylation sites is 1. The highest BCUT2D eigenvalue weighted by Crippen LogP contribution is 2.13. The van der Waals surface area contributed by atoms with Crippen LogP contribution in [0, 0.1) is 11.3 Å². The van der Waals surface area contributed by atoms with Gasteiger partial charge in [-0.1, -0.05) is 12.1 Å². The molecule has 1 aromatic rings. The molecule has 7 heteroatoms. The van der Waals surface area contributed by atoms with Crippen LogP contribution < -0.4 is 5.32 Å². The summed E-state index contributed by atoms with van der Waals surface area (Å²) in [6.45, 7) is 0.129. The molecule has 0 saturated heterocycles. The maximum absolute atomic E-state index is 11.7. The molecule has 0 atom stereocenters. The predicted octanol–water partition coefficient (Wildman–Crippen LogP) is 0.928. The van der Waals surface area contributed by atoms with Gasteiger partial charge in [0.2, 0.25) is 5.76 Å². The van der Waals surface area contributed by atoms with Gasteiger partial charge in [0.15, 0.2) is 6.61 Å². The lowest BCUT2D eigenvalue weighted by Crippen LogP contribution is -2.24. The number of hydrogen-bond acceptors (Lipinski definition) is 6. The van der Waals surface area contributed by atoms with Crippen molar-refractivity contribution in [3.05, 3.63) is 41.9 Å². The van der Waals surface area contributed by atoms with Gasteiger partial charge in [-0.2, -0.15) is 5.26 Å². The Morgan fingerprint density at radius 1 is 1.33 bits per heavy atom. The summed E-state index contributed by atoms with van der Waals surface area (Å²) in [6, 6.07) is 8.46. The smallest absolute Gasteiger partial charge is 0.377 e.